The summed E-state index contributed by atoms with van der Waals surface area (Å²) >= 11 is 0. The van der Waals surface area contributed by atoms with Gasteiger partial charge >= 0.3 is 12.6 Å². The van der Waals surface area contributed by atoms with Gasteiger partial charge < -0.3 is 10.1 Å². The number of aryl methyl sites for hydroxylation is 1. The number of rotatable bonds is 4. The molecular weight excluding hydrogens is 289 g/mol. The summed E-state index contributed by atoms with van der Waals surface area (Å²) in [5.41, 5.74) is 0.635. The molecule has 21 heavy (non-hydrogen) atoms. The molecule has 2 aromatic rings. The van der Waals surface area contributed by atoms with E-state index in [1.54, 1.807) is 13.0 Å². The van der Waals surface area contributed by atoms with Gasteiger partial charge in [-0.15, -0.1) is 0 Å². The minimum absolute atomic E-state index is 0.0959. The van der Waals surface area contributed by atoms with Crippen LogP contribution in [0.3, 0.4) is 0 Å². The molecule has 0 atom stereocenters. The van der Waals surface area contributed by atoms with Gasteiger partial charge in [-0.1, -0.05) is 0 Å². The number of amides is 2. The monoisotopic (exact) mass is 300 g/mol. The minimum atomic E-state index is -3.13. The summed E-state index contributed by atoms with van der Waals surface area (Å²) in [7, 11) is 0. The molecule has 0 aliphatic carbocycles. The van der Waals surface area contributed by atoms with E-state index >= 15 is 0 Å². The van der Waals surface area contributed by atoms with Crippen LogP contribution in [0.5, 0.6) is 5.75 Å². The normalized spacial score (nSPS) is 10.5. The average Bonchev–Trinajstić information content (AvgIpc) is 2.77. The van der Waals surface area contributed by atoms with Gasteiger partial charge in [0, 0.05) is 17.8 Å². The zero-order chi connectivity index (χ0) is 15.4. The first-order chi connectivity index (χ1) is 9.94. The van der Waals surface area contributed by atoms with Gasteiger partial charge in [0.15, 0.2) is 11.6 Å². The van der Waals surface area contributed by atoms with Crippen molar-refractivity contribution in [1.82, 2.24) is 10.2 Å². The van der Waals surface area contributed by atoms with Gasteiger partial charge in [0.2, 0.25) is 0 Å². The van der Waals surface area contributed by atoms with Crippen LogP contribution >= 0.6 is 0 Å². The molecule has 3 N–H and O–H groups in total. The van der Waals surface area contributed by atoms with E-state index in [-0.39, 0.29) is 11.5 Å². The van der Waals surface area contributed by atoms with Crippen molar-refractivity contribution < 1.29 is 22.7 Å². The molecule has 0 aliphatic rings. The second-order valence-electron chi connectivity index (χ2n) is 4.03. The number of hydrogen-bond acceptors (Lipinski definition) is 3. The van der Waals surface area contributed by atoms with E-state index < -0.39 is 24.2 Å². The van der Waals surface area contributed by atoms with Gasteiger partial charge in [0.05, 0.1) is 5.69 Å². The molecule has 0 spiro atoms. The Hall–Kier alpha value is -2.71. The number of ether oxygens (including phenoxy) is 1. The molecule has 9 heteroatoms. The van der Waals surface area contributed by atoms with Gasteiger partial charge in [-0.3, -0.25) is 10.4 Å². The van der Waals surface area contributed by atoms with Crippen molar-refractivity contribution in [3.8, 4) is 5.75 Å². The maximum Gasteiger partial charge on any atom is 0.387 e. The van der Waals surface area contributed by atoms with Gasteiger partial charge in [0.25, 0.3) is 0 Å². The van der Waals surface area contributed by atoms with Crippen molar-refractivity contribution in [2.75, 3.05) is 10.6 Å². The second kappa shape index (κ2) is 6.16. The first-order valence-corrected chi connectivity index (χ1v) is 5.78. The fourth-order valence-electron chi connectivity index (χ4n) is 1.54. The van der Waals surface area contributed by atoms with E-state index in [1.165, 1.54) is 0 Å². The number of hydrogen-bond donors (Lipinski definition) is 3. The molecule has 0 unspecified atom stereocenters. The highest BCUT2D eigenvalue weighted by Gasteiger charge is 2.13. The molecular formula is C12H11F3N4O2. The Kier molecular flexibility index (Phi) is 4.31. The van der Waals surface area contributed by atoms with E-state index in [0.29, 0.717) is 0 Å². The molecule has 1 aromatic carbocycles. The Balaban J connectivity index is 2.09. The number of anilines is 2. The number of nitrogens with zero attached hydrogens (tertiary/aromatic N) is 1. The van der Waals surface area contributed by atoms with Gasteiger partial charge in [0.1, 0.15) is 5.82 Å². The molecule has 1 heterocycles. The third kappa shape index (κ3) is 4.13. The molecule has 2 rings (SSSR count). The first-order valence-electron chi connectivity index (χ1n) is 5.78. The zero-order valence-corrected chi connectivity index (χ0v) is 10.8. The summed E-state index contributed by atoms with van der Waals surface area (Å²) in [4.78, 5) is 11.7. The number of carbonyl (C=O) groups excluding carboxylic acids is 1. The number of benzene rings is 1. The van der Waals surface area contributed by atoms with Gasteiger partial charge in [-0.2, -0.15) is 13.9 Å². The highest BCUT2D eigenvalue weighted by atomic mass is 19.3. The third-order valence-corrected chi connectivity index (χ3v) is 2.36. The van der Waals surface area contributed by atoms with Gasteiger partial charge in [-0.25, -0.2) is 9.18 Å². The summed E-state index contributed by atoms with van der Waals surface area (Å²) in [6.07, 6.45) is 0. The summed E-state index contributed by atoms with van der Waals surface area (Å²) in [6.45, 7) is -1.39. The average molecular weight is 300 g/mol. The van der Waals surface area contributed by atoms with Crippen LogP contribution in [0.2, 0.25) is 0 Å². The lowest BCUT2D eigenvalue weighted by atomic mass is 10.3. The highest BCUT2D eigenvalue weighted by Crippen LogP contribution is 2.27. The van der Waals surface area contributed by atoms with Crippen LogP contribution in [0, 0.1) is 12.7 Å². The first kappa shape index (κ1) is 14.7. The molecule has 0 fully saturated rings. The fraction of sp³-hybridized carbons (Fsp3) is 0.167. The van der Waals surface area contributed by atoms with Crippen LogP contribution < -0.4 is 15.4 Å². The van der Waals surface area contributed by atoms with Crippen LogP contribution in [0.4, 0.5) is 29.5 Å². The Morgan fingerprint density at radius 1 is 1.33 bits per heavy atom. The Labute approximate surface area is 117 Å². The third-order valence-electron chi connectivity index (χ3n) is 2.36. The zero-order valence-electron chi connectivity index (χ0n) is 10.8. The second-order valence-corrected chi connectivity index (χ2v) is 4.03. The minimum Gasteiger partial charge on any atom is -0.432 e. The van der Waals surface area contributed by atoms with E-state index in [2.05, 4.69) is 25.6 Å². The van der Waals surface area contributed by atoms with Crippen LogP contribution in [-0.2, 0) is 0 Å². The number of alkyl halides is 2. The summed E-state index contributed by atoms with van der Waals surface area (Å²) in [5, 5.41) is 11.0. The molecule has 1 aromatic heterocycles. The Morgan fingerprint density at radius 2 is 2.10 bits per heavy atom. The summed E-state index contributed by atoms with van der Waals surface area (Å²) < 4.78 is 41.6. The Morgan fingerprint density at radius 3 is 2.71 bits per heavy atom. The van der Waals surface area contributed by atoms with Crippen LogP contribution in [0.25, 0.3) is 0 Å². The number of H-pyrrole nitrogens is 1. The number of halogens is 3. The van der Waals surface area contributed by atoms with E-state index in [9.17, 15) is 18.0 Å². The van der Waals surface area contributed by atoms with Crippen LogP contribution in [-0.4, -0.2) is 22.8 Å². The van der Waals surface area contributed by atoms with E-state index in [1.807, 2.05) is 0 Å². The van der Waals surface area contributed by atoms with E-state index in [4.69, 9.17) is 0 Å². The SMILES string of the molecule is Cc1cc(NC(=O)Nc2ccc(F)cc2OC(F)F)n[nH]1. The number of aromatic amines is 1. The fourth-order valence-corrected chi connectivity index (χ4v) is 1.54. The van der Waals surface area contributed by atoms with Crippen molar-refractivity contribution in [2.45, 2.75) is 13.5 Å². The molecule has 0 saturated carbocycles. The predicted molar refractivity (Wildman–Crippen MR) is 69.0 cm³/mol. The lowest BCUT2D eigenvalue weighted by molar-refractivity contribution is -0.0495. The molecule has 0 aliphatic heterocycles. The Bertz CT molecular complexity index is 645. The molecule has 0 bridgehead atoms. The largest absolute Gasteiger partial charge is 0.432 e. The van der Waals surface area contributed by atoms with Crippen molar-refractivity contribution >= 4 is 17.5 Å². The number of urea groups is 1. The summed E-state index contributed by atoms with van der Waals surface area (Å²) in [6, 6.07) is 3.71. The number of carbonyl (C=O) groups is 1. The summed E-state index contributed by atoms with van der Waals surface area (Å²) in [5.74, 6) is -0.985. The van der Waals surface area contributed by atoms with Crippen LogP contribution in [0.15, 0.2) is 24.3 Å². The molecule has 0 radical (unpaired) electrons. The maximum atomic E-state index is 13.0. The standard InChI is InChI=1S/C12H11F3N4O2/c1-6-4-10(19-18-6)17-12(20)16-8-3-2-7(13)5-9(8)21-11(14)15/h2-5,11H,1H3,(H3,16,17,18,19,20). The smallest absolute Gasteiger partial charge is 0.387 e. The molecule has 112 valence electrons. The highest BCUT2D eigenvalue weighted by molar-refractivity contribution is 6.00. The molecule has 6 nitrogen and oxygen atoms in total. The lowest BCUT2D eigenvalue weighted by Gasteiger charge is -2.12. The number of nitrogens with one attached hydrogen (secondary N) is 3. The van der Waals surface area contributed by atoms with Crippen LogP contribution in [0.1, 0.15) is 5.69 Å². The van der Waals surface area contributed by atoms with Crippen molar-refractivity contribution in [2.24, 2.45) is 0 Å². The van der Waals surface area contributed by atoms with Gasteiger partial charge in [-0.05, 0) is 19.1 Å². The number of aromatic nitrogens is 2. The molecule has 2 amide bonds. The van der Waals surface area contributed by atoms with E-state index in [0.717, 1.165) is 23.9 Å². The topological polar surface area (TPSA) is 79.0 Å². The lowest BCUT2D eigenvalue weighted by Crippen LogP contribution is -2.20. The predicted octanol–water partition coefficient (Wildman–Crippen LogP) is 3.10. The van der Waals surface area contributed by atoms with Crippen molar-refractivity contribution in [3.63, 3.8) is 0 Å². The van der Waals surface area contributed by atoms with Crippen molar-refractivity contribution in [1.29, 1.82) is 0 Å². The molecule has 0 saturated heterocycles. The van der Waals surface area contributed by atoms with Crippen molar-refractivity contribution in [3.05, 3.63) is 35.8 Å². The maximum absolute atomic E-state index is 13.0. The quantitative estimate of drug-likeness (QED) is 0.811.